The third kappa shape index (κ3) is 4.75. The molecule has 0 bridgehead atoms. The molecule has 2 heterocycles. The Hall–Kier alpha value is -2.64. The lowest BCUT2D eigenvalue weighted by Gasteiger charge is -2.26. The average molecular weight is 373 g/mol. The highest BCUT2D eigenvalue weighted by Crippen LogP contribution is 2.33. The van der Waals surface area contributed by atoms with Gasteiger partial charge in [-0.2, -0.15) is 0 Å². The second-order valence-electron chi connectivity index (χ2n) is 6.42. The second-order valence-corrected chi connectivity index (χ2v) is 6.42. The van der Waals surface area contributed by atoms with Crippen LogP contribution >= 0.6 is 0 Å². The highest BCUT2D eigenvalue weighted by molar-refractivity contribution is 5.71. The molecule has 0 spiro atoms. The Morgan fingerprint density at radius 1 is 1.26 bits per heavy atom. The van der Waals surface area contributed by atoms with Crippen molar-refractivity contribution in [2.45, 2.75) is 18.9 Å². The summed E-state index contributed by atoms with van der Waals surface area (Å²) < 4.78 is 16.0. The minimum absolute atomic E-state index is 0.0436. The number of benzene rings is 1. The maximum absolute atomic E-state index is 12.3. The molecule has 2 aromatic rings. The van der Waals surface area contributed by atoms with Crippen LogP contribution in [-0.4, -0.2) is 49.4 Å². The number of ether oxygens (including phenoxy) is 2. The van der Waals surface area contributed by atoms with Crippen molar-refractivity contribution in [3.63, 3.8) is 0 Å². The van der Waals surface area contributed by atoms with Crippen molar-refractivity contribution in [2.75, 3.05) is 33.4 Å². The zero-order chi connectivity index (χ0) is 19.2. The summed E-state index contributed by atoms with van der Waals surface area (Å²) in [6.45, 7) is 3.17. The van der Waals surface area contributed by atoms with E-state index in [-0.39, 0.29) is 12.2 Å². The van der Waals surface area contributed by atoms with Gasteiger partial charge in [-0.15, -0.1) is 0 Å². The van der Waals surface area contributed by atoms with Gasteiger partial charge in [-0.05, 0) is 5.56 Å². The van der Waals surface area contributed by atoms with Crippen molar-refractivity contribution in [1.29, 1.82) is 0 Å². The van der Waals surface area contributed by atoms with Crippen molar-refractivity contribution >= 4 is 5.97 Å². The third-order valence-electron chi connectivity index (χ3n) is 4.60. The molecule has 7 nitrogen and oxygen atoms in total. The van der Waals surface area contributed by atoms with E-state index < -0.39 is 23.1 Å². The van der Waals surface area contributed by atoms with E-state index in [4.69, 9.17) is 13.9 Å². The number of morpholine rings is 1. The highest BCUT2D eigenvalue weighted by atomic mass is 16.5. The third-order valence-corrected chi connectivity index (χ3v) is 4.60. The normalized spacial score (nSPS) is 16.0. The molecule has 1 aromatic heterocycles. The van der Waals surface area contributed by atoms with E-state index in [9.17, 15) is 14.7 Å². The smallest absolute Gasteiger partial charge is 0.306 e. The highest BCUT2D eigenvalue weighted by Gasteiger charge is 2.26. The average Bonchev–Trinajstić information content (AvgIpc) is 2.70. The molecule has 0 aliphatic carbocycles. The molecule has 1 saturated heterocycles. The summed E-state index contributed by atoms with van der Waals surface area (Å²) in [5.74, 6) is -1.01. The second kappa shape index (κ2) is 8.83. The van der Waals surface area contributed by atoms with Crippen LogP contribution in [0, 0.1) is 0 Å². The van der Waals surface area contributed by atoms with Gasteiger partial charge in [0.05, 0.1) is 39.2 Å². The molecule has 27 heavy (non-hydrogen) atoms. The van der Waals surface area contributed by atoms with E-state index in [1.807, 2.05) is 30.3 Å². The van der Waals surface area contributed by atoms with Crippen LogP contribution in [-0.2, 0) is 20.8 Å². The topological polar surface area (TPSA) is 89.2 Å². The van der Waals surface area contributed by atoms with Crippen LogP contribution in [0.1, 0.15) is 29.4 Å². The van der Waals surface area contributed by atoms with Gasteiger partial charge >= 0.3 is 5.97 Å². The fraction of sp³-hybridized carbons (Fsp3) is 0.400. The number of rotatable bonds is 6. The Morgan fingerprint density at radius 2 is 1.96 bits per heavy atom. The first-order chi connectivity index (χ1) is 13.1. The Balaban J connectivity index is 1.97. The quantitative estimate of drug-likeness (QED) is 0.773. The van der Waals surface area contributed by atoms with E-state index in [1.54, 1.807) is 0 Å². The minimum atomic E-state index is -0.615. The van der Waals surface area contributed by atoms with Crippen LogP contribution < -0.4 is 5.43 Å². The standard InChI is InChI=1S/C20H23NO6/c1-25-18(23)12-16(14-5-3-2-4-6-14)20-19(24)17(22)11-15(27-20)13-21-7-9-26-10-8-21/h2-6,11,16,24H,7-10,12-13H2,1H3. The van der Waals surface area contributed by atoms with E-state index in [0.29, 0.717) is 25.5 Å². The van der Waals surface area contributed by atoms with Gasteiger partial charge in [0.25, 0.3) is 0 Å². The zero-order valence-electron chi connectivity index (χ0n) is 15.2. The van der Waals surface area contributed by atoms with Gasteiger partial charge in [-0.25, -0.2) is 0 Å². The molecule has 1 aliphatic heterocycles. The Morgan fingerprint density at radius 3 is 2.63 bits per heavy atom. The van der Waals surface area contributed by atoms with Gasteiger partial charge in [0.1, 0.15) is 5.76 Å². The molecule has 0 radical (unpaired) electrons. The molecular formula is C20H23NO6. The summed E-state index contributed by atoms with van der Waals surface area (Å²) >= 11 is 0. The molecule has 1 N–H and O–H groups in total. The molecule has 3 rings (SSSR count). The summed E-state index contributed by atoms with van der Waals surface area (Å²) in [5, 5.41) is 10.4. The van der Waals surface area contributed by atoms with Crippen molar-refractivity contribution in [3.05, 3.63) is 63.7 Å². The Bertz CT molecular complexity index is 826. The fourth-order valence-corrected chi connectivity index (χ4v) is 3.15. The predicted molar refractivity (Wildman–Crippen MR) is 97.7 cm³/mol. The molecular weight excluding hydrogens is 350 g/mol. The van der Waals surface area contributed by atoms with Crippen molar-refractivity contribution in [3.8, 4) is 5.75 Å². The molecule has 0 saturated carbocycles. The number of carbonyl (C=O) groups is 1. The fourth-order valence-electron chi connectivity index (χ4n) is 3.15. The van der Waals surface area contributed by atoms with Gasteiger partial charge in [0.15, 0.2) is 5.76 Å². The molecule has 1 aromatic carbocycles. The van der Waals surface area contributed by atoms with E-state index in [2.05, 4.69) is 4.90 Å². The number of hydrogen-bond acceptors (Lipinski definition) is 7. The van der Waals surface area contributed by atoms with Crippen LogP contribution in [0.25, 0.3) is 0 Å². The first-order valence-electron chi connectivity index (χ1n) is 8.86. The lowest BCUT2D eigenvalue weighted by molar-refractivity contribution is -0.140. The minimum Gasteiger partial charge on any atom is -0.502 e. The number of esters is 1. The van der Waals surface area contributed by atoms with Gasteiger partial charge in [-0.3, -0.25) is 14.5 Å². The van der Waals surface area contributed by atoms with Crippen LogP contribution in [0.15, 0.2) is 45.6 Å². The SMILES string of the molecule is COC(=O)CC(c1ccccc1)c1oc(CN2CCOCC2)cc(=O)c1O. The monoisotopic (exact) mass is 373 g/mol. The lowest BCUT2D eigenvalue weighted by Crippen LogP contribution is -2.35. The van der Waals surface area contributed by atoms with Gasteiger partial charge < -0.3 is 19.0 Å². The van der Waals surface area contributed by atoms with Crippen LogP contribution in [0.3, 0.4) is 0 Å². The molecule has 7 heteroatoms. The van der Waals surface area contributed by atoms with Crippen molar-refractivity contribution in [1.82, 2.24) is 4.90 Å². The van der Waals surface area contributed by atoms with E-state index in [0.717, 1.165) is 18.7 Å². The lowest BCUT2D eigenvalue weighted by atomic mass is 9.92. The molecule has 0 amide bonds. The van der Waals surface area contributed by atoms with Crippen molar-refractivity contribution in [2.24, 2.45) is 0 Å². The summed E-state index contributed by atoms with van der Waals surface area (Å²) in [4.78, 5) is 26.4. The number of nitrogens with zero attached hydrogens (tertiary/aromatic N) is 1. The Kier molecular flexibility index (Phi) is 6.26. The first kappa shape index (κ1) is 19.1. The maximum atomic E-state index is 12.3. The molecule has 1 atom stereocenters. The van der Waals surface area contributed by atoms with Crippen molar-refractivity contribution < 1.29 is 23.8 Å². The number of hydrogen-bond donors (Lipinski definition) is 1. The number of aromatic hydroxyl groups is 1. The van der Waals surface area contributed by atoms with Gasteiger partial charge in [0, 0.05) is 19.2 Å². The molecule has 1 fully saturated rings. The zero-order valence-corrected chi connectivity index (χ0v) is 15.2. The van der Waals surface area contributed by atoms with E-state index in [1.165, 1.54) is 13.2 Å². The summed E-state index contributed by atoms with van der Waals surface area (Å²) in [5.41, 5.74) is 0.232. The summed E-state index contributed by atoms with van der Waals surface area (Å²) in [7, 11) is 1.30. The van der Waals surface area contributed by atoms with Gasteiger partial charge in [0.2, 0.25) is 11.2 Å². The van der Waals surface area contributed by atoms with Crippen LogP contribution in [0.4, 0.5) is 0 Å². The number of carbonyl (C=O) groups excluding carboxylic acids is 1. The summed E-state index contributed by atoms with van der Waals surface area (Å²) in [6, 6.07) is 10.4. The van der Waals surface area contributed by atoms with Gasteiger partial charge in [-0.1, -0.05) is 30.3 Å². The first-order valence-corrected chi connectivity index (χ1v) is 8.86. The predicted octanol–water partition coefficient (Wildman–Crippen LogP) is 1.87. The molecule has 1 unspecified atom stereocenters. The van der Waals surface area contributed by atoms with E-state index >= 15 is 0 Å². The molecule has 1 aliphatic rings. The Labute approximate surface area is 157 Å². The summed E-state index contributed by atoms with van der Waals surface area (Å²) in [6.07, 6.45) is -0.0436. The van der Waals surface area contributed by atoms with Crippen LogP contribution in [0.2, 0.25) is 0 Å². The largest absolute Gasteiger partial charge is 0.502 e. The molecule has 144 valence electrons. The van der Waals surface area contributed by atoms with Crippen LogP contribution in [0.5, 0.6) is 5.75 Å². The maximum Gasteiger partial charge on any atom is 0.306 e. The number of methoxy groups -OCH3 is 1.